The summed E-state index contributed by atoms with van der Waals surface area (Å²) in [6, 6.07) is 10.4. The van der Waals surface area contributed by atoms with E-state index >= 15 is 0 Å². The number of benzene rings is 2. The van der Waals surface area contributed by atoms with Crippen LogP contribution in [-0.4, -0.2) is 5.11 Å². The Balaban J connectivity index is 0.000000542. The molecule has 0 fully saturated rings. The fraction of sp³-hybridized carbons (Fsp3) is 0.571. The molecule has 164 valence electrons. The molecule has 2 aromatic carbocycles. The van der Waals surface area contributed by atoms with Gasteiger partial charge in [0.15, 0.2) is 0 Å². The van der Waals surface area contributed by atoms with E-state index in [-0.39, 0.29) is 23.7 Å². The van der Waals surface area contributed by atoms with Crippen LogP contribution in [0.25, 0.3) is 0 Å². The van der Waals surface area contributed by atoms with Gasteiger partial charge in [0.05, 0.1) is 0 Å². The average Bonchev–Trinajstić information content (AvgIpc) is 2.49. The molecular formula is C28H46O. The summed E-state index contributed by atoms with van der Waals surface area (Å²) in [7, 11) is 0. The van der Waals surface area contributed by atoms with Gasteiger partial charge in [-0.2, -0.15) is 0 Å². The lowest BCUT2D eigenvalue weighted by Gasteiger charge is -2.29. The summed E-state index contributed by atoms with van der Waals surface area (Å²) in [6.45, 7) is 26.6. The van der Waals surface area contributed by atoms with E-state index in [1.54, 1.807) is 6.07 Å². The topological polar surface area (TPSA) is 20.2 Å². The minimum Gasteiger partial charge on any atom is -0.508 e. The minimum absolute atomic E-state index is 0. The SMILES string of the molecule is C.Cc1cc(C(C)(C)C)c(C)c(C(C)(C)C)c1.Cc1ccc(O)c(C(C)(C)C)c1. The monoisotopic (exact) mass is 398 g/mol. The first-order chi connectivity index (χ1) is 12.4. The number of aromatic hydroxyl groups is 1. The van der Waals surface area contributed by atoms with Gasteiger partial charge >= 0.3 is 0 Å². The van der Waals surface area contributed by atoms with Crippen molar-refractivity contribution in [2.75, 3.05) is 0 Å². The van der Waals surface area contributed by atoms with Crippen molar-refractivity contribution in [3.8, 4) is 5.75 Å². The van der Waals surface area contributed by atoms with Crippen LogP contribution in [0.1, 0.15) is 103 Å². The lowest BCUT2D eigenvalue weighted by atomic mass is 9.76. The van der Waals surface area contributed by atoms with Gasteiger partial charge in [-0.3, -0.25) is 0 Å². The standard InChI is InChI=1S/C16H26.C11H16O.CH4/c1-11-9-13(15(3,4)5)12(2)14(10-11)16(6,7)8;1-8-5-6-10(12)9(7-8)11(2,3)4;/h9-10H,1-8H3;5-7,12H,1-4H3;1H4. The van der Waals surface area contributed by atoms with Gasteiger partial charge in [-0.1, -0.05) is 105 Å². The molecule has 2 rings (SSSR count). The molecule has 0 aromatic heterocycles. The van der Waals surface area contributed by atoms with Crippen molar-refractivity contribution in [3.05, 3.63) is 63.7 Å². The Labute approximate surface area is 181 Å². The molecule has 0 aliphatic heterocycles. The summed E-state index contributed by atoms with van der Waals surface area (Å²) in [4.78, 5) is 0. The molecule has 0 spiro atoms. The number of phenolic OH excluding ortho intramolecular Hbond substituents is 1. The second-order valence-electron chi connectivity index (χ2n) is 11.3. The zero-order valence-electron chi connectivity index (χ0n) is 20.3. The van der Waals surface area contributed by atoms with Crippen molar-refractivity contribution in [1.29, 1.82) is 0 Å². The van der Waals surface area contributed by atoms with Crippen molar-refractivity contribution in [3.63, 3.8) is 0 Å². The Morgan fingerprint density at radius 1 is 0.552 bits per heavy atom. The maximum absolute atomic E-state index is 9.57. The third-order valence-electron chi connectivity index (χ3n) is 5.13. The van der Waals surface area contributed by atoms with E-state index in [9.17, 15) is 5.11 Å². The maximum Gasteiger partial charge on any atom is 0.119 e. The molecule has 2 aromatic rings. The summed E-state index contributed by atoms with van der Waals surface area (Å²) in [5.74, 6) is 0.396. The van der Waals surface area contributed by atoms with Gasteiger partial charge in [0.1, 0.15) is 5.75 Å². The van der Waals surface area contributed by atoms with Gasteiger partial charge in [0, 0.05) is 0 Å². The van der Waals surface area contributed by atoms with Crippen LogP contribution in [0.2, 0.25) is 0 Å². The quantitative estimate of drug-likeness (QED) is 0.471. The molecule has 0 aliphatic rings. The maximum atomic E-state index is 9.57. The predicted molar refractivity (Wildman–Crippen MR) is 132 cm³/mol. The molecule has 1 nitrogen and oxygen atoms in total. The summed E-state index contributed by atoms with van der Waals surface area (Å²) >= 11 is 0. The zero-order chi connectivity index (χ0) is 22.1. The summed E-state index contributed by atoms with van der Waals surface area (Å²) < 4.78 is 0. The minimum atomic E-state index is 0. The number of hydrogen-bond donors (Lipinski definition) is 1. The highest BCUT2D eigenvalue weighted by Gasteiger charge is 2.23. The molecular weight excluding hydrogens is 352 g/mol. The first-order valence-corrected chi connectivity index (χ1v) is 10.4. The highest BCUT2D eigenvalue weighted by Crippen LogP contribution is 2.34. The smallest absolute Gasteiger partial charge is 0.119 e. The van der Waals surface area contributed by atoms with E-state index in [0.29, 0.717) is 5.75 Å². The number of hydrogen-bond acceptors (Lipinski definition) is 1. The molecule has 0 amide bonds. The lowest BCUT2D eigenvalue weighted by Crippen LogP contribution is -2.19. The molecule has 0 atom stereocenters. The van der Waals surface area contributed by atoms with E-state index in [2.05, 4.69) is 88.3 Å². The molecule has 0 bridgehead atoms. The molecule has 0 unspecified atom stereocenters. The fourth-order valence-corrected chi connectivity index (χ4v) is 3.67. The van der Waals surface area contributed by atoms with Crippen LogP contribution in [0, 0.1) is 20.8 Å². The van der Waals surface area contributed by atoms with Crippen LogP contribution in [0.15, 0.2) is 30.3 Å². The van der Waals surface area contributed by atoms with E-state index in [0.717, 1.165) is 5.56 Å². The fourth-order valence-electron chi connectivity index (χ4n) is 3.67. The van der Waals surface area contributed by atoms with Crippen LogP contribution < -0.4 is 0 Å². The van der Waals surface area contributed by atoms with E-state index < -0.39 is 0 Å². The second kappa shape index (κ2) is 9.37. The van der Waals surface area contributed by atoms with Crippen molar-refractivity contribution < 1.29 is 5.11 Å². The van der Waals surface area contributed by atoms with Crippen LogP contribution in [-0.2, 0) is 16.2 Å². The van der Waals surface area contributed by atoms with Crippen LogP contribution in [0.3, 0.4) is 0 Å². The average molecular weight is 399 g/mol. The second-order valence-corrected chi connectivity index (χ2v) is 11.3. The zero-order valence-corrected chi connectivity index (χ0v) is 20.3. The lowest BCUT2D eigenvalue weighted by molar-refractivity contribution is 0.446. The molecule has 0 saturated heterocycles. The van der Waals surface area contributed by atoms with Gasteiger partial charge in [-0.15, -0.1) is 0 Å². The van der Waals surface area contributed by atoms with Gasteiger partial charge in [0.25, 0.3) is 0 Å². The van der Waals surface area contributed by atoms with Gasteiger partial charge in [-0.25, -0.2) is 0 Å². The van der Waals surface area contributed by atoms with Crippen molar-refractivity contribution >= 4 is 0 Å². The summed E-state index contributed by atoms with van der Waals surface area (Å²) in [5.41, 5.74) is 8.50. The Kier molecular flexibility index (Phi) is 8.80. The van der Waals surface area contributed by atoms with Crippen molar-refractivity contribution in [2.24, 2.45) is 0 Å². The molecule has 0 radical (unpaired) electrons. The summed E-state index contributed by atoms with van der Waals surface area (Å²) in [6.07, 6.45) is 0. The van der Waals surface area contributed by atoms with Crippen LogP contribution in [0.4, 0.5) is 0 Å². The third-order valence-corrected chi connectivity index (χ3v) is 5.13. The Morgan fingerprint density at radius 3 is 1.21 bits per heavy atom. The normalized spacial score (nSPS) is 12.0. The first kappa shape index (κ1) is 27.2. The van der Waals surface area contributed by atoms with Gasteiger partial charge in [0.2, 0.25) is 0 Å². The molecule has 1 heteroatoms. The molecule has 0 heterocycles. The summed E-state index contributed by atoms with van der Waals surface area (Å²) in [5, 5.41) is 9.57. The molecule has 29 heavy (non-hydrogen) atoms. The highest BCUT2D eigenvalue weighted by molar-refractivity contribution is 5.44. The van der Waals surface area contributed by atoms with Crippen LogP contribution in [0.5, 0.6) is 5.75 Å². The Hall–Kier alpha value is -1.76. The number of rotatable bonds is 0. The molecule has 1 N–H and O–H groups in total. The predicted octanol–water partition coefficient (Wildman–Crippen LogP) is 8.53. The van der Waals surface area contributed by atoms with Crippen molar-refractivity contribution in [2.45, 2.75) is 107 Å². The first-order valence-electron chi connectivity index (χ1n) is 10.4. The third kappa shape index (κ3) is 7.53. The Morgan fingerprint density at radius 2 is 0.897 bits per heavy atom. The van der Waals surface area contributed by atoms with Gasteiger partial charge < -0.3 is 5.11 Å². The Bertz CT molecular complexity index is 771. The largest absolute Gasteiger partial charge is 0.508 e. The molecule has 0 aliphatic carbocycles. The van der Waals surface area contributed by atoms with E-state index in [1.807, 2.05) is 19.1 Å². The van der Waals surface area contributed by atoms with Gasteiger partial charge in [-0.05, 0) is 65.3 Å². The van der Waals surface area contributed by atoms with Crippen molar-refractivity contribution in [1.82, 2.24) is 0 Å². The highest BCUT2D eigenvalue weighted by atomic mass is 16.3. The molecule has 0 saturated carbocycles. The number of aryl methyl sites for hydroxylation is 2. The van der Waals surface area contributed by atoms with Crippen LogP contribution >= 0.6 is 0 Å². The van der Waals surface area contributed by atoms with E-state index in [4.69, 9.17) is 0 Å². The number of phenols is 1. The van der Waals surface area contributed by atoms with E-state index in [1.165, 1.54) is 27.8 Å².